The molecule has 1 saturated carbocycles. The first-order valence-corrected chi connectivity index (χ1v) is 8.48. The lowest BCUT2D eigenvalue weighted by Gasteiger charge is -2.29. The predicted octanol–water partition coefficient (Wildman–Crippen LogP) is 4.78. The van der Waals surface area contributed by atoms with Gasteiger partial charge >= 0.3 is 0 Å². The van der Waals surface area contributed by atoms with Crippen LogP contribution in [0.1, 0.15) is 66.7 Å². The summed E-state index contributed by atoms with van der Waals surface area (Å²) in [6, 6.07) is 0.786. The highest BCUT2D eigenvalue weighted by Crippen LogP contribution is 2.47. The molecule has 0 radical (unpaired) electrons. The highest BCUT2D eigenvalue weighted by Gasteiger charge is 2.36. The van der Waals surface area contributed by atoms with Crippen LogP contribution in [0.15, 0.2) is 11.1 Å². The number of hydrogen-bond donors (Lipinski definition) is 1. The first-order chi connectivity index (χ1) is 9.06. The summed E-state index contributed by atoms with van der Waals surface area (Å²) < 4.78 is 0. The van der Waals surface area contributed by atoms with E-state index in [1.807, 2.05) is 0 Å². The Hall–Kier alpha value is -0.300. The highest BCUT2D eigenvalue weighted by molar-refractivity contribution is 5.28. The summed E-state index contributed by atoms with van der Waals surface area (Å²) >= 11 is 0. The molecule has 0 amide bonds. The van der Waals surface area contributed by atoms with Crippen LogP contribution >= 0.6 is 0 Å². The zero-order valence-corrected chi connectivity index (χ0v) is 13.6. The van der Waals surface area contributed by atoms with Crippen LogP contribution in [0.2, 0.25) is 0 Å². The van der Waals surface area contributed by atoms with E-state index in [4.69, 9.17) is 0 Å². The minimum Gasteiger partial charge on any atom is -0.313 e. The third kappa shape index (κ3) is 3.62. The second kappa shape index (κ2) is 6.43. The fraction of sp³-hybridized carbons (Fsp3) is 0.889. The molecule has 0 aromatic carbocycles. The quantitative estimate of drug-likeness (QED) is 0.680. The van der Waals surface area contributed by atoms with Crippen LogP contribution in [0.25, 0.3) is 0 Å². The van der Waals surface area contributed by atoms with Crippen molar-refractivity contribution in [2.24, 2.45) is 23.7 Å². The third-order valence-corrected chi connectivity index (χ3v) is 5.64. The fourth-order valence-electron chi connectivity index (χ4n) is 4.17. The molecule has 1 aliphatic heterocycles. The first kappa shape index (κ1) is 15.1. The Morgan fingerprint density at radius 3 is 2.63 bits per heavy atom. The van der Waals surface area contributed by atoms with Crippen molar-refractivity contribution in [3.05, 3.63) is 11.1 Å². The Labute approximate surface area is 120 Å². The van der Waals surface area contributed by atoms with Gasteiger partial charge in [-0.25, -0.2) is 0 Å². The number of allylic oxidation sites excluding steroid dienone is 2. The molecule has 1 heteroatoms. The van der Waals surface area contributed by atoms with Crippen LogP contribution in [-0.2, 0) is 0 Å². The van der Waals surface area contributed by atoms with Crippen LogP contribution in [0.3, 0.4) is 0 Å². The second-order valence-electron chi connectivity index (χ2n) is 7.20. The van der Waals surface area contributed by atoms with Crippen LogP contribution in [0.4, 0.5) is 0 Å². The lowest BCUT2D eigenvalue weighted by molar-refractivity contribution is 0.250. The Kier molecular flexibility index (Phi) is 5.11. The van der Waals surface area contributed by atoms with Gasteiger partial charge in [-0.1, -0.05) is 45.3 Å². The summed E-state index contributed by atoms with van der Waals surface area (Å²) in [6.45, 7) is 13.1. The Morgan fingerprint density at radius 1 is 1.37 bits per heavy atom. The lowest BCUT2D eigenvalue weighted by atomic mass is 9.80. The van der Waals surface area contributed by atoms with E-state index in [9.17, 15) is 0 Å². The zero-order valence-electron chi connectivity index (χ0n) is 13.6. The van der Waals surface area contributed by atoms with Crippen molar-refractivity contribution in [2.75, 3.05) is 6.54 Å². The van der Waals surface area contributed by atoms with Crippen molar-refractivity contribution in [3.63, 3.8) is 0 Å². The van der Waals surface area contributed by atoms with Gasteiger partial charge in [0.15, 0.2) is 0 Å². The average molecular weight is 263 g/mol. The largest absolute Gasteiger partial charge is 0.313 e. The third-order valence-electron chi connectivity index (χ3n) is 5.64. The van der Waals surface area contributed by atoms with Gasteiger partial charge in [-0.15, -0.1) is 0 Å². The van der Waals surface area contributed by atoms with Gasteiger partial charge in [0.05, 0.1) is 0 Å². The molecule has 5 atom stereocenters. The normalized spacial score (nSPS) is 36.2. The van der Waals surface area contributed by atoms with Gasteiger partial charge in [-0.3, -0.25) is 0 Å². The van der Waals surface area contributed by atoms with Crippen molar-refractivity contribution < 1.29 is 0 Å². The monoisotopic (exact) mass is 263 g/mol. The maximum absolute atomic E-state index is 3.77. The molecule has 1 N–H and O–H groups in total. The molecule has 19 heavy (non-hydrogen) atoms. The molecule has 1 saturated heterocycles. The maximum Gasteiger partial charge on any atom is 0.0101 e. The van der Waals surface area contributed by atoms with E-state index in [1.165, 1.54) is 38.6 Å². The van der Waals surface area contributed by atoms with E-state index in [1.54, 1.807) is 11.1 Å². The van der Waals surface area contributed by atoms with Crippen LogP contribution in [-0.4, -0.2) is 12.6 Å². The summed E-state index contributed by atoms with van der Waals surface area (Å²) in [5.74, 6) is 3.57. The van der Waals surface area contributed by atoms with Crippen molar-refractivity contribution in [2.45, 2.75) is 72.8 Å². The lowest BCUT2D eigenvalue weighted by Crippen LogP contribution is -2.34. The van der Waals surface area contributed by atoms with Gasteiger partial charge in [0.2, 0.25) is 0 Å². The fourth-order valence-corrected chi connectivity index (χ4v) is 4.17. The van der Waals surface area contributed by atoms with Crippen molar-refractivity contribution in [1.82, 2.24) is 5.32 Å². The molecule has 1 heterocycles. The molecule has 0 bridgehead atoms. The van der Waals surface area contributed by atoms with Gasteiger partial charge < -0.3 is 5.32 Å². The summed E-state index contributed by atoms with van der Waals surface area (Å²) in [4.78, 5) is 0. The highest BCUT2D eigenvalue weighted by atomic mass is 15.0. The van der Waals surface area contributed by atoms with E-state index < -0.39 is 0 Å². The molecule has 1 nitrogen and oxygen atoms in total. The van der Waals surface area contributed by atoms with Gasteiger partial charge in [-0.05, 0) is 62.8 Å². The van der Waals surface area contributed by atoms with E-state index in [0.717, 1.165) is 29.7 Å². The predicted molar refractivity (Wildman–Crippen MR) is 84.2 cm³/mol. The second-order valence-corrected chi connectivity index (χ2v) is 7.20. The van der Waals surface area contributed by atoms with Crippen molar-refractivity contribution >= 4 is 0 Å². The summed E-state index contributed by atoms with van der Waals surface area (Å²) in [5.41, 5.74) is 3.45. The Balaban J connectivity index is 1.86. The number of hydrogen-bond acceptors (Lipinski definition) is 1. The van der Waals surface area contributed by atoms with Gasteiger partial charge in [-0.2, -0.15) is 0 Å². The molecular formula is C18H33N. The first-order valence-electron chi connectivity index (χ1n) is 8.48. The number of nitrogens with one attached hydrogen (secondary N) is 1. The van der Waals surface area contributed by atoms with E-state index in [0.29, 0.717) is 0 Å². The molecule has 110 valence electrons. The Bertz CT molecular complexity index is 331. The van der Waals surface area contributed by atoms with Crippen LogP contribution in [0.5, 0.6) is 0 Å². The van der Waals surface area contributed by atoms with Gasteiger partial charge in [0, 0.05) is 6.04 Å². The molecule has 2 fully saturated rings. The molecule has 2 rings (SSSR count). The average Bonchev–Trinajstić information content (AvgIpc) is 3.02. The summed E-state index contributed by atoms with van der Waals surface area (Å²) in [6.07, 6.45) is 6.81. The maximum atomic E-state index is 3.77. The molecule has 2 aliphatic rings. The topological polar surface area (TPSA) is 12.0 Å². The zero-order chi connectivity index (χ0) is 14.0. The van der Waals surface area contributed by atoms with E-state index >= 15 is 0 Å². The van der Waals surface area contributed by atoms with Crippen molar-refractivity contribution in [3.8, 4) is 0 Å². The number of rotatable bonds is 6. The SMILES string of the molecule is CC/C(C)=C1\CC1CC(C)C(CC)C1CC(C)CN1. The molecule has 5 unspecified atom stereocenters. The van der Waals surface area contributed by atoms with E-state index in [2.05, 4.69) is 39.9 Å². The molecule has 0 spiro atoms. The Morgan fingerprint density at radius 2 is 2.11 bits per heavy atom. The van der Waals surface area contributed by atoms with Gasteiger partial charge in [0.25, 0.3) is 0 Å². The van der Waals surface area contributed by atoms with Crippen LogP contribution < -0.4 is 5.32 Å². The summed E-state index contributed by atoms with van der Waals surface area (Å²) in [7, 11) is 0. The minimum atomic E-state index is 0.786. The van der Waals surface area contributed by atoms with Gasteiger partial charge in [0.1, 0.15) is 0 Å². The standard InChI is InChI=1S/C18H33N/c1-6-13(4)17-10-15(17)9-14(5)16(7-2)18-8-12(3)11-19-18/h12,14-16,18-19H,6-11H2,1-5H3/b17-13+. The smallest absolute Gasteiger partial charge is 0.0101 e. The molecule has 1 aliphatic carbocycles. The molecule has 0 aromatic rings. The molecule has 0 aromatic heterocycles. The van der Waals surface area contributed by atoms with E-state index in [-0.39, 0.29) is 0 Å². The minimum absolute atomic E-state index is 0.786. The molecular weight excluding hydrogens is 230 g/mol. The van der Waals surface area contributed by atoms with Crippen molar-refractivity contribution in [1.29, 1.82) is 0 Å². The summed E-state index contributed by atoms with van der Waals surface area (Å²) in [5, 5.41) is 3.77. The van der Waals surface area contributed by atoms with Crippen LogP contribution in [0, 0.1) is 23.7 Å².